The minimum absolute atomic E-state index is 0.0122. The summed E-state index contributed by atoms with van der Waals surface area (Å²) in [5.41, 5.74) is 2.78. The molecule has 14 heteroatoms. The summed E-state index contributed by atoms with van der Waals surface area (Å²) < 4.78 is 6.04. The van der Waals surface area contributed by atoms with Crippen molar-refractivity contribution in [1.29, 1.82) is 0 Å². The standard InChI is InChI=1S/C36H38N2O12/c1-3-20-13-24-29(15-27(20)39)50-30-16-28(40)21(4-2)14-25(30)34(24)23-11-19(8-9-22(23)35(46)47)12-31(41)37-10-6-5-7-26(36(48)49)38(17-32(42)43)18-33(44)45/h8-9,11,13-16,26,39H,3-7,10,12,17-18H2,1-2H3,(H,37,41)(H,42,43)(H,44,45)(H,46,47)(H,48,49). The zero-order valence-corrected chi connectivity index (χ0v) is 27.5. The number of phenols is 1. The van der Waals surface area contributed by atoms with Crippen LogP contribution in [0.3, 0.4) is 0 Å². The van der Waals surface area contributed by atoms with E-state index in [4.69, 9.17) is 14.6 Å². The predicted molar refractivity (Wildman–Crippen MR) is 181 cm³/mol. The van der Waals surface area contributed by atoms with E-state index < -0.39 is 48.9 Å². The lowest BCUT2D eigenvalue weighted by Gasteiger charge is -2.25. The number of nitrogens with zero attached hydrogens (tertiary/aromatic N) is 1. The second-order valence-corrected chi connectivity index (χ2v) is 11.9. The molecule has 1 aliphatic carbocycles. The Bertz CT molecular complexity index is 1970. The second-order valence-electron chi connectivity index (χ2n) is 11.9. The van der Waals surface area contributed by atoms with Gasteiger partial charge in [0.2, 0.25) is 5.91 Å². The van der Waals surface area contributed by atoms with Gasteiger partial charge in [-0.25, -0.2) is 4.79 Å². The number of nitrogens with one attached hydrogen (secondary N) is 1. The Hall–Kier alpha value is -5.76. The van der Waals surface area contributed by atoms with E-state index in [-0.39, 0.29) is 59.5 Å². The summed E-state index contributed by atoms with van der Waals surface area (Å²) in [5.74, 6) is -5.49. The molecule has 0 spiro atoms. The molecule has 0 fully saturated rings. The van der Waals surface area contributed by atoms with E-state index in [2.05, 4.69) is 5.32 Å². The third-order valence-electron chi connectivity index (χ3n) is 8.44. The molecular weight excluding hydrogens is 652 g/mol. The normalized spacial score (nSPS) is 11.9. The summed E-state index contributed by atoms with van der Waals surface area (Å²) in [6.07, 6.45) is 1.31. The van der Waals surface area contributed by atoms with Gasteiger partial charge in [-0.05, 0) is 73.1 Å². The lowest BCUT2D eigenvalue weighted by atomic mass is 9.87. The van der Waals surface area contributed by atoms with Gasteiger partial charge in [-0.15, -0.1) is 0 Å². The molecule has 1 aliphatic heterocycles. The van der Waals surface area contributed by atoms with Crippen molar-refractivity contribution in [1.82, 2.24) is 10.2 Å². The molecule has 1 heterocycles. The number of aromatic hydroxyl groups is 1. The number of hydrogen-bond donors (Lipinski definition) is 6. The molecule has 2 aromatic carbocycles. The summed E-state index contributed by atoms with van der Waals surface area (Å²) in [6, 6.07) is 9.36. The fraction of sp³-hybridized carbons (Fsp3) is 0.333. The number of carboxylic acids is 4. The van der Waals surface area contributed by atoms with E-state index in [1.807, 2.05) is 13.8 Å². The van der Waals surface area contributed by atoms with Gasteiger partial charge in [-0.1, -0.05) is 19.9 Å². The number of benzene rings is 3. The lowest BCUT2D eigenvalue weighted by molar-refractivity contribution is -0.149. The molecule has 50 heavy (non-hydrogen) atoms. The van der Waals surface area contributed by atoms with Crippen molar-refractivity contribution in [2.24, 2.45) is 0 Å². The molecule has 264 valence electrons. The first-order valence-corrected chi connectivity index (χ1v) is 16.0. The van der Waals surface area contributed by atoms with E-state index in [0.29, 0.717) is 52.5 Å². The zero-order chi connectivity index (χ0) is 36.7. The van der Waals surface area contributed by atoms with Crippen molar-refractivity contribution in [2.75, 3.05) is 19.6 Å². The van der Waals surface area contributed by atoms with Gasteiger partial charge in [0.25, 0.3) is 0 Å². The molecule has 0 bridgehead atoms. The fourth-order valence-electron chi connectivity index (χ4n) is 6.01. The van der Waals surface area contributed by atoms with Gasteiger partial charge in [-0.2, -0.15) is 0 Å². The average Bonchev–Trinajstić information content (AvgIpc) is 3.03. The van der Waals surface area contributed by atoms with Gasteiger partial charge in [0.15, 0.2) is 5.43 Å². The van der Waals surface area contributed by atoms with E-state index >= 15 is 0 Å². The van der Waals surface area contributed by atoms with E-state index in [0.717, 1.165) is 4.90 Å². The van der Waals surface area contributed by atoms with Crippen LogP contribution < -0.4 is 10.7 Å². The maximum absolute atomic E-state index is 13.0. The molecular formula is C36H38N2O12. The number of fused-ring (bicyclic) bond motifs is 2. The summed E-state index contributed by atoms with van der Waals surface area (Å²) in [5, 5.41) is 51.7. The van der Waals surface area contributed by atoms with Crippen LogP contribution in [0.5, 0.6) is 5.75 Å². The predicted octanol–water partition coefficient (Wildman–Crippen LogP) is 3.85. The van der Waals surface area contributed by atoms with Crippen molar-refractivity contribution >= 4 is 40.8 Å². The molecule has 14 nitrogen and oxygen atoms in total. The Morgan fingerprint density at radius 1 is 0.840 bits per heavy atom. The molecule has 1 atom stereocenters. The molecule has 0 aromatic heterocycles. The molecule has 2 aliphatic rings. The first-order chi connectivity index (χ1) is 23.7. The van der Waals surface area contributed by atoms with Gasteiger partial charge in [0.1, 0.15) is 23.1 Å². The summed E-state index contributed by atoms with van der Waals surface area (Å²) in [7, 11) is 0. The Morgan fingerprint density at radius 2 is 1.52 bits per heavy atom. The van der Waals surface area contributed by atoms with Crippen molar-refractivity contribution in [3.8, 4) is 28.2 Å². The Balaban J connectivity index is 1.60. The fourth-order valence-corrected chi connectivity index (χ4v) is 6.01. The van der Waals surface area contributed by atoms with Crippen LogP contribution in [0, 0.1) is 0 Å². The van der Waals surface area contributed by atoms with Crippen molar-refractivity contribution in [3.63, 3.8) is 0 Å². The maximum Gasteiger partial charge on any atom is 0.336 e. The van der Waals surface area contributed by atoms with Crippen LogP contribution in [0.25, 0.3) is 33.4 Å². The second kappa shape index (κ2) is 16.1. The van der Waals surface area contributed by atoms with Gasteiger partial charge in [0.05, 0.1) is 25.1 Å². The molecule has 0 radical (unpaired) electrons. The number of aliphatic carboxylic acids is 3. The van der Waals surface area contributed by atoms with Crippen LogP contribution in [0.1, 0.15) is 60.2 Å². The minimum atomic E-state index is -1.36. The number of amides is 1. The zero-order valence-electron chi connectivity index (χ0n) is 27.5. The SMILES string of the molecule is CCc1cc2c(-c3cc(CC(=O)NCCCCC(C(=O)O)N(CC(=O)O)CC(=O)O)ccc3C(=O)O)c3cc(CC)c(=O)cc-3oc2cc1O. The number of unbranched alkanes of at least 4 members (excludes halogenated alkanes) is 1. The number of aryl methyl sites for hydroxylation is 2. The van der Waals surface area contributed by atoms with Crippen LogP contribution >= 0.6 is 0 Å². The number of carbonyl (C=O) groups is 5. The van der Waals surface area contributed by atoms with E-state index in [1.54, 1.807) is 18.2 Å². The molecule has 2 aromatic rings. The number of phenolic OH excluding ortho intramolecular Hbond substituents is 1. The number of carboxylic acid groups (broad SMARTS) is 4. The third kappa shape index (κ3) is 8.63. The molecule has 0 saturated heterocycles. The Morgan fingerprint density at radius 3 is 2.12 bits per heavy atom. The number of carbonyl (C=O) groups excluding carboxylic acids is 1. The molecule has 0 saturated carbocycles. The van der Waals surface area contributed by atoms with Crippen LogP contribution in [-0.4, -0.2) is 85.9 Å². The highest BCUT2D eigenvalue weighted by atomic mass is 16.4. The first-order valence-electron chi connectivity index (χ1n) is 16.0. The Labute approximate surface area is 285 Å². The highest BCUT2D eigenvalue weighted by Crippen LogP contribution is 2.43. The average molecular weight is 691 g/mol. The van der Waals surface area contributed by atoms with Crippen molar-refractivity contribution in [3.05, 3.63) is 74.9 Å². The summed E-state index contributed by atoms with van der Waals surface area (Å²) >= 11 is 0. The minimum Gasteiger partial charge on any atom is -0.508 e. The number of rotatable bonds is 17. The molecule has 4 rings (SSSR count). The highest BCUT2D eigenvalue weighted by Gasteiger charge is 2.29. The molecule has 1 amide bonds. The largest absolute Gasteiger partial charge is 0.508 e. The highest BCUT2D eigenvalue weighted by molar-refractivity contribution is 6.08. The van der Waals surface area contributed by atoms with Gasteiger partial charge >= 0.3 is 23.9 Å². The van der Waals surface area contributed by atoms with Crippen molar-refractivity contribution < 1.29 is 53.9 Å². The topological polar surface area (TPSA) is 232 Å². The van der Waals surface area contributed by atoms with E-state index in [1.165, 1.54) is 24.3 Å². The Kier molecular flexibility index (Phi) is 11.9. The third-order valence-corrected chi connectivity index (χ3v) is 8.44. The van der Waals surface area contributed by atoms with Crippen molar-refractivity contribution in [2.45, 2.75) is 58.4 Å². The van der Waals surface area contributed by atoms with Crippen LogP contribution in [-0.2, 0) is 38.4 Å². The summed E-state index contributed by atoms with van der Waals surface area (Å²) in [4.78, 5) is 73.1. The number of hydrogen-bond acceptors (Lipinski definition) is 9. The maximum atomic E-state index is 13.0. The quantitative estimate of drug-likeness (QED) is 0.0684. The summed E-state index contributed by atoms with van der Waals surface area (Å²) in [6.45, 7) is 2.33. The van der Waals surface area contributed by atoms with E-state index in [9.17, 15) is 44.1 Å². The van der Waals surface area contributed by atoms with Crippen LogP contribution in [0.4, 0.5) is 0 Å². The van der Waals surface area contributed by atoms with Gasteiger partial charge in [0, 0.05) is 40.8 Å². The first kappa shape index (κ1) is 37.1. The smallest absolute Gasteiger partial charge is 0.336 e. The lowest BCUT2D eigenvalue weighted by Crippen LogP contribution is -2.46. The monoisotopic (exact) mass is 690 g/mol. The molecule has 1 unspecified atom stereocenters. The number of aromatic carboxylic acids is 1. The van der Waals surface area contributed by atoms with Crippen LogP contribution in [0.15, 0.2) is 51.7 Å². The van der Waals surface area contributed by atoms with Gasteiger partial charge < -0.3 is 35.3 Å². The van der Waals surface area contributed by atoms with Crippen LogP contribution in [0.2, 0.25) is 0 Å². The van der Waals surface area contributed by atoms with Gasteiger partial charge in [-0.3, -0.25) is 28.9 Å². The molecule has 6 N–H and O–H groups in total.